The van der Waals surface area contributed by atoms with E-state index in [-0.39, 0.29) is 11.1 Å². The van der Waals surface area contributed by atoms with Crippen LogP contribution >= 0.6 is 7.14 Å². The highest BCUT2D eigenvalue weighted by Gasteiger charge is 2.46. The van der Waals surface area contributed by atoms with Crippen molar-refractivity contribution in [2.45, 2.75) is 81.1 Å². The Morgan fingerprint density at radius 1 is 0.650 bits per heavy atom. The van der Waals surface area contributed by atoms with Gasteiger partial charge in [-0.2, -0.15) is 0 Å². The average Bonchev–Trinajstić information content (AvgIpc) is 2.94. The van der Waals surface area contributed by atoms with Gasteiger partial charge in [0.15, 0.2) is 0 Å². The molecule has 0 saturated heterocycles. The van der Waals surface area contributed by atoms with Gasteiger partial charge in [-0.1, -0.05) is 51.0 Å². The summed E-state index contributed by atoms with van der Waals surface area (Å²) in [7, 11) is -4.42. The van der Waals surface area contributed by atoms with Crippen molar-refractivity contribution in [3.05, 3.63) is 87.0 Å². The van der Waals surface area contributed by atoms with E-state index in [2.05, 4.69) is 13.8 Å². The fourth-order valence-electron chi connectivity index (χ4n) is 4.65. The molecule has 3 aromatic carbocycles. The maximum atomic E-state index is 15.3. The number of hydrogen-bond acceptors (Lipinski definition) is 5. The molecular weight excluding hydrogens is 519 g/mol. The van der Waals surface area contributed by atoms with Crippen LogP contribution < -0.4 is 14.8 Å². The van der Waals surface area contributed by atoms with Crippen LogP contribution in [-0.4, -0.2) is 24.3 Å². The molecule has 40 heavy (non-hydrogen) atoms. The minimum atomic E-state index is -4.42. The second-order valence-electron chi connectivity index (χ2n) is 10.6. The summed E-state index contributed by atoms with van der Waals surface area (Å²) in [5, 5.41) is 0.122. The Kier molecular flexibility index (Phi) is 10.6. The molecule has 0 fully saturated rings. The molecule has 3 aromatic rings. The van der Waals surface area contributed by atoms with Crippen LogP contribution in [0.25, 0.3) is 0 Å². The molecule has 0 aliphatic rings. The van der Waals surface area contributed by atoms with Gasteiger partial charge in [0.1, 0.15) is 11.5 Å². The summed E-state index contributed by atoms with van der Waals surface area (Å²) < 4.78 is 27.4. The van der Waals surface area contributed by atoms with Crippen LogP contribution in [0.1, 0.15) is 93.6 Å². The normalized spacial score (nSPS) is 11.4. The van der Waals surface area contributed by atoms with Crippen LogP contribution in [0, 0.1) is 41.5 Å². The van der Waals surface area contributed by atoms with E-state index in [1.807, 2.05) is 53.7 Å². The molecule has 0 atom stereocenters. The topological polar surface area (TPSA) is 69.7 Å². The number of benzene rings is 3. The van der Waals surface area contributed by atoms with Crippen LogP contribution in [0.15, 0.2) is 42.5 Å². The van der Waals surface area contributed by atoms with Crippen LogP contribution in [0.5, 0.6) is 11.5 Å². The van der Waals surface area contributed by atoms with Crippen LogP contribution in [0.3, 0.4) is 0 Å². The van der Waals surface area contributed by atoms with Crippen molar-refractivity contribution in [2.75, 3.05) is 13.2 Å². The fourth-order valence-corrected chi connectivity index (χ4v) is 7.16. The summed E-state index contributed by atoms with van der Waals surface area (Å²) in [4.78, 5) is 28.9. The van der Waals surface area contributed by atoms with Crippen molar-refractivity contribution in [1.29, 1.82) is 0 Å². The van der Waals surface area contributed by atoms with E-state index >= 15 is 4.57 Å². The van der Waals surface area contributed by atoms with Gasteiger partial charge >= 0.3 is 0 Å². The van der Waals surface area contributed by atoms with Gasteiger partial charge in [-0.15, -0.1) is 0 Å². The monoisotopic (exact) mass is 562 g/mol. The lowest BCUT2D eigenvalue weighted by atomic mass is 9.99. The molecule has 0 aromatic heterocycles. The number of carbonyl (C=O) groups is 2. The third-order valence-corrected chi connectivity index (χ3v) is 10.6. The lowest BCUT2D eigenvalue weighted by molar-refractivity contribution is 0.104. The van der Waals surface area contributed by atoms with Crippen molar-refractivity contribution in [3.8, 4) is 11.5 Å². The molecule has 0 unspecified atom stereocenters. The number of aryl methyl sites for hydroxylation is 2. The summed E-state index contributed by atoms with van der Waals surface area (Å²) in [5.74, 6) is 0.815. The van der Waals surface area contributed by atoms with Gasteiger partial charge < -0.3 is 14.0 Å². The van der Waals surface area contributed by atoms with Crippen LogP contribution in [-0.2, 0) is 4.57 Å². The van der Waals surface area contributed by atoms with Gasteiger partial charge in [0.05, 0.1) is 18.5 Å². The molecule has 3 rings (SSSR count). The zero-order valence-electron chi connectivity index (χ0n) is 25.3. The summed E-state index contributed by atoms with van der Waals surface area (Å²) in [5.41, 5.74) is 4.62. The molecule has 0 amide bonds. The zero-order chi connectivity index (χ0) is 29.6. The lowest BCUT2D eigenvalue weighted by Gasteiger charge is -2.23. The Morgan fingerprint density at radius 3 is 1.60 bits per heavy atom. The first-order chi connectivity index (χ1) is 19.0. The van der Waals surface area contributed by atoms with Gasteiger partial charge in [0.2, 0.25) is 11.0 Å². The second kappa shape index (κ2) is 13.5. The largest absolute Gasteiger partial charge is 0.493 e. The van der Waals surface area contributed by atoms with Gasteiger partial charge in [-0.25, -0.2) is 0 Å². The first-order valence-corrected chi connectivity index (χ1v) is 15.9. The molecule has 5 nitrogen and oxygen atoms in total. The van der Waals surface area contributed by atoms with E-state index in [1.54, 1.807) is 30.3 Å². The molecular formula is C34H43O5P. The first kappa shape index (κ1) is 31.4. The molecule has 0 saturated carbocycles. The average molecular weight is 563 g/mol. The quantitative estimate of drug-likeness (QED) is 0.154. The van der Waals surface area contributed by atoms with Crippen molar-refractivity contribution in [1.82, 2.24) is 0 Å². The predicted molar refractivity (Wildman–Crippen MR) is 164 cm³/mol. The van der Waals surface area contributed by atoms with Crippen molar-refractivity contribution < 1.29 is 23.6 Å². The minimum Gasteiger partial charge on any atom is -0.493 e. The van der Waals surface area contributed by atoms with E-state index in [1.165, 1.54) is 0 Å². The standard InChI is InChI=1S/C34H43O5P/c1-9-11-19-38-28-15-18-32(31(21-28)39-20-12-10-2)40(37,33(35)29-16-13-22(3)24(5)26(29)7)34(36)30-17-14-23(4)25(6)27(30)8/h13-18,21H,9-12,19-20H2,1-8H3. The number of rotatable bonds is 13. The fraction of sp³-hybridized carbons (Fsp3) is 0.412. The Labute approximate surface area is 239 Å². The zero-order valence-corrected chi connectivity index (χ0v) is 26.2. The number of hydrogen-bond donors (Lipinski definition) is 0. The van der Waals surface area contributed by atoms with Gasteiger partial charge in [0.25, 0.3) is 7.14 Å². The van der Waals surface area contributed by atoms with E-state index in [0.717, 1.165) is 59.1 Å². The highest BCUT2D eigenvalue weighted by Crippen LogP contribution is 2.54. The third-order valence-electron chi connectivity index (χ3n) is 7.94. The highest BCUT2D eigenvalue weighted by molar-refractivity contribution is 8.01. The van der Waals surface area contributed by atoms with Crippen molar-refractivity contribution in [3.63, 3.8) is 0 Å². The van der Waals surface area contributed by atoms with Gasteiger partial charge in [-0.05, 0) is 99.9 Å². The Morgan fingerprint density at radius 2 is 1.12 bits per heavy atom. The number of unbranched alkanes of at least 4 members (excludes halogenated alkanes) is 2. The molecule has 6 heteroatoms. The molecule has 0 radical (unpaired) electrons. The maximum absolute atomic E-state index is 15.3. The van der Waals surface area contributed by atoms with Gasteiger partial charge in [-0.3, -0.25) is 9.59 Å². The lowest BCUT2D eigenvalue weighted by Crippen LogP contribution is -2.24. The van der Waals surface area contributed by atoms with Crippen molar-refractivity contribution in [2.24, 2.45) is 0 Å². The second-order valence-corrected chi connectivity index (χ2v) is 13.1. The van der Waals surface area contributed by atoms with E-state index < -0.39 is 18.2 Å². The molecule has 0 bridgehead atoms. The minimum absolute atomic E-state index is 0.122. The predicted octanol–water partition coefficient (Wildman–Crippen LogP) is 8.56. The molecule has 0 aliphatic heterocycles. The summed E-state index contributed by atoms with van der Waals surface area (Å²) in [6.45, 7) is 16.5. The van der Waals surface area contributed by atoms with Gasteiger partial charge in [0, 0.05) is 17.2 Å². The first-order valence-electron chi connectivity index (χ1n) is 14.2. The number of carbonyl (C=O) groups excluding carboxylic acids is 2. The molecule has 214 valence electrons. The van der Waals surface area contributed by atoms with E-state index in [4.69, 9.17) is 9.47 Å². The summed E-state index contributed by atoms with van der Waals surface area (Å²) in [6, 6.07) is 12.0. The SMILES string of the molecule is CCCCOc1ccc(P(=O)(C(=O)c2ccc(C)c(C)c2C)C(=O)c2ccc(C)c(C)c2C)c(OCCCC)c1. The Hall–Kier alpha value is -3.17. The van der Waals surface area contributed by atoms with Crippen molar-refractivity contribution >= 4 is 23.5 Å². The number of ether oxygens (including phenoxy) is 2. The van der Waals surface area contributed by atoms with Crippen LogP contribution in [0.2, 0.25) is 0 Å². The molecule has 0 spiro atoms. The summed E-state index contributed by atoms with van der Waals surface area (Å²) >= 11 is 0. The highest BCUT2D eigenvalue weighted by atomic mass is 31.2. The smallest absolute Gasteiger partial charge is 0.252 e. The molecule has 0 aliphatic carbocycles. The third kappa shape index (κ3) is 6.25. The Bertz CT molecular complexity index is 1380. The molecule has 0 N–H and O–H groups in total. The van der Waals surface area contributed by atoms with E-state index in [9.17, 15) is 9.59 Å². The van der Waals surface area contributed by atoms with Crippen LogP contribution in [0.4, 0.5) is 0 Å². The Balaban J connectivity index is 2.30. The van der Waals surface area contributed by atoms with E-state index in [0.29, 0.717) is 30.1 Å². The maximum Gasteiger partial charge on any atom is 0.252 e. The summed E-state index contributed by atoms with van der Waals surface area (Å²) in [6.07, 6.45) is 3.56. The molecule has 0 heterocycles.